The summed E-state index contributed by atoms with van der Waals surface area (Å²) in [6, 6.07) is 3.83. The van der Waals surface area contributed by atoms with Crippen molar-refractivity contribution in [3.05, 3.63) is 51.6 Å². The van der Waals surface area contributed by atoms with Crippen LogP contribution in [0.15, 0.2) is 18.2 Å². The highest BCUT2D eigenvalue weighted by molar-refractivity contribution is 6.31. The molecule has 0 fully saturated rings. The zero-order chi connectivity index (χ0) is 22.8. The summed E-state index contributed by atoms with van der Waals surface area (Å²) in [6.45, 7) is 1.57. The minimum absolute atomic E-state index is 0.00979. The molecule has 0 saturated carbocycles. The lowest BCUT2D eigenvalue weighted by atomic mass is 9.66. The molecule has 162 valence electrons. The molecule has 0 spiro atoms. The number of ketones is 2. The zero-order valence-corrected chi connectivity index (χ0v) is 16.7. The molecule has 0 radical (unpaired) electrons. The van der Waals surface area contributed by atoms with Gasteiger partial charge in [0.2, 0.25) is 5.78 Å². The maximum Gasteiger partial charge on any atom is 0.316 e. The van der Waals surface area contributed by atoms with Crippen LogP contribution in [-0.2, 0) is 9.53 Å². The largest absolute Gasteiger partial charge is 0.507 e. The predicted octanol–water partition coefficient (Wildman–Crippen LogP) is 1.41. The molecule has 0 aliphatic heterocycles. The number of ether oxygens (including phenoxy) is 1. The number of aromatic hydroxyl groups is 3. The van der Waals surface area contributed by atoms with Crippen molar-refractivity contribution >= 4 is 17.5 Å². The van der Waals surface area contributed by atoms with Crippen molar-refractivity contribution < 1.29 is 44.7 Å². The average Bonchev–Trinajstić information content (AvgIpc) is 2.73. The third-order valence-electron chi connectivity index (χ3n) is 6.25. The number of hydrogen-bond acceptors (Lipinski definition) is 9. The number of aliphatic hydroxyl groups excluding tert-OH is 1. The molecule has 2 aliphatic carbocycles. The number of rotatable bonds is 2. The van der Waals surface area contributed by atoms with E-state index in [1.165, 1.54) is 18.2 Å². The Hall–Kier alpha value is -3.43. The van der Waals surface area contributed by atoms with Gasteiger partial charge >= 0.3 is 5.97 Å². The molecule has 0 saturated heterocycles. The topological polar surface area (TPSA) is 162 Å². The van der Waals surface area contributed by atoms with Crippen molar-refractivity contribution in [3.63, 3.8) is 0 Å². The summed E-state index contributed by atoms with van der Waals surface area (Å²) >= 11 is 0. The van der Waals surface area contributed by atoms with E-state index in [1.54, 1.807) is 6.92 Å². The van der Waals surface area contributed by atoms with Gasteiger partial charge in [-0.25, -0.2) is 0 Å². The fraction of sp³-hybridized carbons (Fsp3) is 0.318. The van der Waals surface area contributed by atoms with E-state index in [2.05, 4.69) is 0 Å². The average molecular weight is 428 g/mol. The van der Waals surface area contributed by atoms with Crippen LogP contribution < -0.4 is 0 Å². The normalized spacial score (nSPS) is 24.3. The van der Waals surface area contributed by atoms with E-state index < -0.39 is 63.5 Å². The predicted molar refractivity (Wildman–Crippen MR) is 104 cm³/mol. The van der Waals surface area contributed by atoms with E-state index >= 15 is 0 Å². The second-order valence-electron chi connectivity index (χ2n) is 7.77. The van der Waals surface area contributed by atoms with Crippen LogP contribution in [0.4, 0.5) is 0 Å². The minimum Gasteiger partial charge on any atom is -0.507 e. The van der Waals surface area contributed by atoms with Gasteiger partial charge < -0.3 is 30.3 Å². The first-order chi connectivity index (χ1) is 14.6. The third-order valence-corrected chi connectivity index (χ3v) is 6.25. The highest BCUT2D eigenvalue weighted by Gasteiger charge is 2.53. The standard InChI is InChI=1S/C22H20O9/c1-3-22(30)7-10(24)12-13(16(22)21(29)31-2)20(28)14-15(19(12)27)18(26)11-8(17(14)25)5-4-6-9(11)23/h4-6,10,16,23-24,27-28,30H,3,7H2,1-2H3/t10-,16-,22+/m1/s1. The van der Waals surface area contributed by atoms with Crippen LogP contribution >= 0.6 is 0 Å². The lowest BCUT2D eigenvalue weighted by Gasteiger charge is -2.42. The molecule has 4 rings (SSSR count). The summed E-state index contributed by atoms with van der Waals surface area (Å²) in [5, 5.41) is 53.8. The van der Waals surface area contributed by atoms with E-state index in [-0.39, 0.29) is 35.1 Å². The lowest BCUT2D eigenvalue weighted by molar-refractivity contribution is -0.153. The number of benzene rings is 2. The van der Waals surface area contributed by atoms with E-state index in [0.717, 1.165) is 7.11 Å². The van der Waals surface area contributed by atoms with Crippen molar-refractivity contribution in [2.24, 2.45) is 0 Å². The Morgan fingerprint density at radius 1 is 1.06 bits per heavy atom. The van der Waals surface area contributed by atoms with E-state index in [4.69, 9.17) is 4.74 Å². The molecule has 9 nitrogen and oxygen atoms in total. The summed E-state index contributed by atoms with van der Waals surface area (Å²) in [4.78, 5) is 38.8. The van der Waals surface area contributed by atoms with E-state index in [0.29, 0.717) is 0 Å². The smallest absolute Gasteiger partial charge is 0.316 e. The maximum atomic E-state index is 13.1. The number of carbonyl (C=O) groups is 3. The van der Waals surface area contributed by atoms with Crippen LogP contribution in [0.1, 0.15) is 74.8 Å². The molecule has 0 unspecified atom stereocenters. The van der Waals surface area contributed by atoms with Crippen molar-refractivity contribution in [2.75, 3.05) is 7.11 Å². The van der Waals surface area contributed by atoms with Gasteiger partial charge in [-0.05, 0) is 12.5 Å². The summed E-state index contributed by atoms with van der Waals surface area (Å²) in [5.74, 6) is -6.33. The van der Waals surface area contributed by atoms with Crippen LogP contribution in [0.3, 0.4) is 0 Å². The van der Waals surface area contributed by atoms with Crippen LogP contribution in [0.25, 0.3) is 0 Å². The van der Waals surface area contributed by atoms with Gasteiger partial charge in [-0.2, -0.15) is 0 Å². The third kappa shape index (κ3) is 2.60. The second kappa shape index (κ2) is 6.79. The number of hydrogen-bond donors (Lipinski definition) is 5. The monoisotopic (exact) mass is 428 g/mol. The van der Waals surface area contributed by atoms with Crippen molar-refractivity contribution in [1.82, 2.24) is 0 Å². The van der Waals surface area contributed by atoms with Crippen LogP contribution in [0, 0.1) is 0 Å². The molecular weight excluding hydrogens is 408 g/mol. The summed E-state index contributed by atoms with van der Waals surface area (Å²) in [6.07, 6.45) is -1.94. The van der Waals surface area contributed by atoms with Crippen LogP contribution in [-0.4, -0.2) is 55.8 Å². The number of methoxy groups -OCH3 is 1. The van der Waals surface area contributed by atoms with Gasteiger partial charge in [0.05, 0.1) is 35.5 Å². The Morgan fingerprint density at radius 3 is 2.29 bits per heavy atom. The van der Waals surface area contributed by atoms with Gasteiger partial charge in [-0.3, -0.25) is 14.4 Å². The molecule has 31 heavy (non-hydrogen) atoms. The quantitative estimate of drug-likeness (QED) is 0.300. The minimum atomic E-state index is -1.84. The van der Waals surface area contributed by atoms with Gasteiger partial charge in [0.15, 0.2) is 5.78 Å². The lowest BCUT2D eigenvalue weighted by Crippen LogP contribution is -2.46. The molecule has 0 heterocycles. The molecule has 5 N–H and O–H groups in total. The van der Waals surface area contributed by atoms with Gasteiger partial charge in [0, 0.05) is 23.1 Å². The summed E-state index contributed by atoms with van der Waals surface area (Å²) in [5.41, 5.74) is -4.23. The van der Waals surface area contributed by atoms with Crippen molar-refractivity contribution in [3.8, 4) is 17.2 Å². The zero-order valence-electron chi connectivity index (χ0n) is 16.7. The number of carbonyl (C=O) groups excluding carboxylic acids is 3. The molecule has 0 aromatic heterocycles. The number of esters is 1. The van der Waals surface area contributed by atoms with E-state index in [1.807, 2.05) is 0 Å². The number of aliphatic hydroxyl groups is 2. The molecule has 0 amide bonds. The molecule has 2 aliphatic rings. The summed E-state index contributed by atoms with van der Waals surface area (Å²) in [7, 11) is 1.08. The van der Waals surface area contributed by atoms with E-state index in [9.17, 15) is 39.9 Å². The Kier molecular flexibility index (Phi) is 4.56. The Bertz CT molecular complexity index is 1170. The van der Waals surface area contributed by atoms with Crippen molar-refractivity contribution in [1.29, 1.82) is 0 Å². The highest BCUT2D eigenvalue weighted by Crippen LogP contribution is 2.56. The molecule has 9 heteroatoms. The van der Waals surface area contributed by atoms with Gasteiger partial charge in [0.25, 0.3) is 0 Å². The Morgan fingerprint density at radius 2 is 1.68 bits per heavy atom. The van der Waals surface area contributed by atoms with Gasteiger partial charge in [0.1, 0.15) is 23.2 Å². The second-order valence-corrected chi connectivity index (χ2v) is 7.77. The first kappa shape index (κ1) is 20.8. The number of phenols is 3. The fourth-order valence-corrected chi connectivity index (χ4v) is 4.69. The van der Waals surface area contributed by atoms with Crippen LogP contribution in [0.5, 0.6) is 17.2 Å². The Labute approximate surface area is 176 Å². The molecule has 2 aromatic rings. The molecule has 3 atom stereocenters. The van der Waals surface area contributed by atoms with Gasteiger partial charge in [-0.1, -0.05) is 19.1 Å². The maximum absolute atomic E-state index is 13.1. The summed E-state index contributed by atoms with van der Waals surface area (Å²) < 4.78 is 4.78. The number of fused-ring (bicyclic) bond motifs is 3. The van der Waals surface area contributed by atoms with Gasteiger partial charge in [-0.15, -0.1) is 0 Å². The molecular formula is C22H20O9. The van der Waals surface area contributed by atoms with Crippen molar-refractivity contribution in [2.45, 2.75) is 37.4 Å². The SMILES string of the molecule is CC[C@]1(O)C[C@@H](O)c2c(O)c3c(c(O)c2[C@@H]1C(=O)OC)C(=O)c1cccc(O)c1C3=O. The first-order valence-electron chi connectivity index (χ1n) is 9.60. The fourth-order valence-electron chi connectivity index (χ4n) is 4.69. The number of phenolic OH excluding ortho intramolecular Hbond substituents is 3. The first-order valence-corrected chi connectivity index (χ1v) is 9.60. The molecule has 0 bridgehead atoms. The molecule has 2 aromatic carbocycles. The van der Waals surface area contributed by atoms with Crippen LogP contribution in [0.2, 0.25) is 0 Å². The highest BCUT2D eigenvalue weighted by atomic mass is 16.5. The Balaban J connectivity index is 2.11.